The minimum absolute atomic E-state index is 0.311. The zero-order chi connectivity index (χ0) is 11.0. The molecule has 0 aliphatic carbocycles. The maximum absolute atomic E-state index is 12.2. The van der Waals surface area contributed by atoms with E-state index in [0.29, 0.717) is 6.07 Å². The van der Waals surface area contributed by atoms with Gasteiger partial charge in [-0.25, -0.2) is 8.42 Å². The molecule has 0 aromatic heterocycles. The second-order valence-corrected chi connectivity index (χ2v) is 4.94. The number of halogens is 3. The molecule has 0 aliphatic heterocycles. The van der Waals surface area contributed by atoms with Gasteiger partial charge in [-0.15, -0.1) is 5.46 Å². The average Bonchev–Trinajstić information content (AvgIpc) is 2.01. The van der Waals surface area contributed by atoms with Crippen LogP contribution in [0.1, 0.15) is 0 Å². The quantitative estimate of drug-likeness (QED) is 0.704. The summed E-state index contributed by atoms with van der Waals surface area (Å²) in [4.78, 5) is -0.311. The second kappa shape index (κ2) is 3.31. The molecule has 0 bridgehead atoms. The van der Waals surface area contributed by atoms with Crippen LogP contribution in [0.25, 0.3) is 0 Å². The third kappa shape index (κ3) is 2.51. The molecule has 0 saturated heterocycles. The van der Waals surface area contributed by atoms with E-state index in [0.717, 1.165) is 24.5 Å². The highest BCUT2D eigenvalue weighted by Crippen LogP contribution is 2.12. The Hall–Kier alpha value is -0.975. The SMILES string of the molecule is CS(=O)(=O)c1cccc([B-](F)(F)F)c1. The smallest absolute Gasteiger partial charge is 0.445 e. The van der Waals surface area contributed by atoms with Crippen molar-refractivity contribution >= 4 is 22.3 Å². The maximum atomic E-state index is 12.2. The van der Waals surface area contributed by atoms with E-state index in [9.17, 15) is 21.4 Å². The Kier molecular flexibility index (Phi) is 2.62. The van der Waals surface area contributed by atoms with Crippen LogP contribution in [0.4, 0.5) is 12.9 Å². The highest BCUT2D eigenvalue weighted by atomic mass is 32.2. The monoisotopic (exact) mass is 223 g/mol. The lowest BCUT2D eigenvalue weighted by atomic mass is 9.80. The predicted octanol–water partition coefficient (Wildman–Crippen LogP) is 1.14. The van der Waals surface area contributed by atoms with Crippen LogP contribution in [0.5, 0.6) is 0 Å². The van der Waals surface area contributed by atoms with E-state index in [2.05, 4.69) is 0 Å². The van der Waals surface area contributed by atoms with Crippen molar-refractivity contribution in [1.82, 2.24) is 0 Å². The van der Waals surface area contributed by atoms with Gasteiger partial charge >= 0.3 is 6.98 Å². The van der Waals surface area contributed by atoms with Gasteiger partial charge in [0.25, 0.3) is 0 Å². The summed E-state index contributed by atoms with van der Waals surface area (Å²) in [7, 11) is -3.58. The first kappa shape index (κ1) is 11.1. The van der Waals surface area contributed by atoms with E-state index in [4.69, 9.17) is 0 Å². The molecule has 0 amide bonds. The van der Waals surface area contributed by atoms with Crippen LogP contribution in [-0.4, -0.2) is 21.7 Å². The van der Waals surface area contributed by atoms with Gasteiger partial charge in [0.1, 0.15) is 0 Å². The number of rotatable bonds is 2. The van der Waals surface area contributed by atoms with Crippen molar-refractivity contribution in [3.8, 4) is 0 Å². The molecule has 0 heterocycles. The maximum Gasteiger partial charge on any atom is 0.509 e. The van der Waals surface area contributed by atoms with E-state index >= 15 is 0 Å². The lowest BCUT2D eigenvalue weighted by molar-refractivity contribution is 0.501. The van der Waals surface area contributed by atoms with Crippen molar-refractivity contribution in [2.45, 2.75) is 4.90 Å². The Balaban J connectivity index is 3.29. The van der Waals surface area contributed by atoms with Crippen molar-refractivity contribution < 1.29 is 21.4 Å². The van der Waals surface area contributed by atoms with Crippen molar-refractivity contribution in [2.24, 2.45) is 0 Å². The first-order valence-corrected chi connectivity index (χ1v) is 5.60. The molecule has 0 radical (unpaired) electrons. The van der Waals surface area contributed by atoms with E-state index in [1.165, 1.54) is 0 Å². The minimum Gasteiger partial charge on any atom is -0.445 e. The summed E-state index contributed by atoms with van der Waals surface area (Å²) in [6.45, 7) is -5.14. The third-order valence-electron chi connectivity index (χ3n) is 1.66. The molecule has 0 atom stereocenters. The van der Waals surface area contributed by atoms with Gasteiger partial charge < -0.3 is 12.9 Å². The van der Waals surface area contributed by atoms with Gasteiger partial charge in [0.15, 0.2) is 9.84 Å². The van der Waals surface area contributed by atoms with Gasteiger partial charge in [0.2, 0.25) is 0 Å². The third-order valence-corrected chi connectivity index (χ3v) is 2.77. The summed E-state index contributed by atoms with van der Waals surface area (Å²) < 4.78 is 58.6. The molecule has 0 fully saturated rings. The Morgan fingerprint density at radius 1 is 1.21 bits per heavy atom. The Labute approximate surface area is 79.7 Å². The molecular formula is C7H7BF3O2S-. The molecule has 0 saturated carbocycles. The molecule has 0 N–H and O–H groups in total. The first-order valence-electron chi connectivity index (χ1n) is 3.71. The number of sulfone groups is 1. The highest BCUT2D eigenvalue weighted by Gasteiger charge is 2.26. The summed E-state index contributed by atoms with van der Waals surface area (Å²) in [6, 6.07) is 3.73. The largest absolute Gasteiger partial charge is 0.509 e. The summed E-state index contributed by atoms with van der Waals surface area (Å²) in [5.74, 6) is 0. The summed E-state index contributed by atoms with van der Waals surface area (Å²) in [6.07, 6.45) is 0.871. The van der Waals surface area contributed by atoms with E-state index in [-0.39, 0.29) is 4.90 Å². The van der Waals surface area contributed by atoms with Gasteiger partial charge in [-0.1, -0.05) is 18.2 Å². The van der Waals surface area contributed by atoms with Gasteiger partial charge in [0.05, 0.1) is 4.90 Å². The summed E-state index contributed by atoms with van der Waals surface area (Å²) in [5.41, 5.74) is -0.895. The van der Waals surface area contributed by atoms with Gasteiger partial charge in [-0.3, -0.25) is 0 Å². The van der Waals surface area contributed by atoms with E-state index < -0.39 is 22.3 Å². The molecule has 0 unspecified atom stereocenters. The molecule has 0 spiro atoms. The molecule has 0 aliphatic rings. The molecule has 78 valence electrons. The fraction of sp³-hybridized carbons (Fsp3) is 0.143. The van der Waals surface area contributed by atoms with Crippen molar-refractivity contribution in [2.75, 3.05) is 6.26 Å². The zero-order valence-electron chi connectivity index (χ0n) is 7.25. The predicted molar refractivity (Wildman–Crippen MR) is 48.3 cm³/mol. The van der Waals surface area contributed by atoms with E-state index in [1.807, 2.05) is 0 Å². The molecule has 2 nitrogen and oxygen atoms in total. The topological polar surface area (TPSA) is 34.1 Å². The molecule has 1 aromatic rings. The van der Waals surface area contributed by atoms with Crippen molar-refractivity contribution in [3.63, 3.8) is 0 Å². The van der Waals surface area contributed by atoms with Gasteiger partial charge in [0, 0.05) is 6.26 Å². The van der Waals surface area contributed by atoms with Gasteiger partial charge in [-0.05, 0) is 6.07 Å². The van der Waals surface area contributed by atoms with Crippen molar-refractivity contribution in [3.05, 3.63) is 24.3 Å². The van der Waals surface area contributed by atoms with Crippen molar-refractivity contribution in [1.29, 1.82) is 0 Å². The lowest BCUT2D eigenvalue weighted by Gasteiger charge is -2.15. The molecular weight excluding hydrogens is 216 g/mol. The van der Waals surface area contributed by atoms with Crippen LogP contribution in [0, 0.1) is 0 Å². The Morgan fingerprint density at radius 3 is 2.21 bits per heavy atom. The standard InChI is InChI=1S/C7H7BF3O2S/c1-14(12,13)7-4-2-3-6(5-7)8(9,10)11/h2-5H,1H3/q-1. The molecule has 7 heteroatoms. The minimum atomic E-state index is -5.14. The summed E-state index contributed by atoms with van der Waals surface area (Å²) >= 11 is 0. The highest BCUT2D eigenvalue weighted by molar-refractivity contribution is 7.90. The van der Waals surface area contributed by atoms with Crippen LogP contribution in [-0.2, 0) is 9.84 Å². The molecule has 1 rings (SSSR count). The fourth-order valence-corrected chi connectivity index (χ4v) is 1.62. The number of benzene rings is 1. The van der Waals surface area contributed by atoms with Crippen LogP contribution in [0.3, 0.4) is 0 Å². The summed E-state index contributed by atoms with van der Waals surface area (Å²) in [5, 5.41) is 0. The Bertz CT molecular complexity index is 438. The Morgan fingerprint density at radius 2 is 1.79 bits per heavy atom. The first-order chi connectivity index (χ1) is 6.21. The number of hydrogen-bond acceptors (Lipinski definition) is 2. The molecule has 14 heavy (non-hydrogen) atoms. The lowest BCUT2D eigenvalue weighted by Crippen LogP contribution is -2.34. The van der Waals surface area contributed by atoms with Gasteiger partial charge in [-0.2, -0.15) is 0 Å². The molecule has 1 aromatic carbocycles. The second-order valence-electron chi connectivity index (χ2n) is 2.92. The van der Waals surface area contributed by atoms with Crippen LogP contribution >= 0.6 is 0 Å². The average molecular weight is 223 g/mol. The van der Waals surface area contributed by atoms with Crippen LogP contribution < -0.4 is 5.46 Å². The van der Waals surface area contributed by atoms with Crippen LogP contribution in [0.15, 0.2) is 29.2 Å². The number of hydrogen-bond donors (Lipinski definition) is 0. The normalized spacial score (nSPS) is 12.9. The fourth-order valence-electron chi connectivity index (χ4n) is 0.949. The van der Waals surface area contributed by atoms with Crippen LogP contribution in [0.2, 0.25) is 0 Å². The zero-order valence-corrected chi connectivity index (χ0v) is 8.06. The van der Waals surface area contributed by atoms with E-state index in [1.54, 1.807) is 0 Å².